The van der Waals surface area contributed by atoms with Gasteiger partial charge in [0.15, 0.2) is 0 Å². The van der Waals surface area contributed by atoms with E-state index in [1.54, 1.807) is 0 Å². The smallest absolute Gasteiger partial charge is 0.327 e. The first-order chi connectivity index (χ1) is 24.5. The molecule has 0 aromatic carbocycles. The maximum atomic E-state index is 13.4. The molecule has 13 N–H and O–H groups in total. The van der Waals surface area contributed by atoms with Gasteiger partial charge in [0.2, 0.25) is 53.2 Å². The molecule has 0 unspecified atom stereocenters. The van der Waals surface area contributed by atoms with Gasteiger partial charge in [-0.15, -0.1) is 0 Å². The molecule has 0 aliphatic carbocycles. The van der Waals surface area contributed by atoms with Crippen LogP contribution in [0.25, 0.3) is 0 Å². The van der Waals surface area contributed by atoms with Crippen molar-refractivity contribution in [3.8, 4) is 0 Å². The van der Waals surface area contributed by atoms with Crippen molar-refractivity contribution in [1.82, 2.24) is 36.4 Å². The molecule has 9 amide bonds. The van der Waals surface area contributed by atoms with E-state index in [1.165, 1.54) is 9.80 Å². The molecule has 52 heavy (non-hydrogen) atoms. The van der Waals surface area contributed by atoms with Gasteiger partial charge in [-0.2, -0.15) is 12.6 Å². The number of hydrogen-bond donors (Lipinski definition) is 11. The Morgan fingerprint density at radius 1 is 0.712 bits per heavy atom. The number of primary amides is 2. The number of carboxylic acid groups (broad SMARTS) is 1. The quantitative estimate of drug-likeness (QED) is 0.0515. The number of amides is 9. The molecule has 0 bridgehead atoms. The molecule has 2 saturated heterocycles. The van der Waals surface area contributed by atoms with Crippen LogP contribution >= 0.6 is 12.6 Å². The summed E-state index contributed by atoms with van der Waals surface area (Å²) < 4.78 is 0. The summed E-state index contributed by atoms with van der Waals surface area (Å²) in [5.41, 5.74) is 15.9. The first-order valence-electron chi connectivity index (χ1n) is 16.3. The van der Waals surface area contributed by atoms with Crippen molar-refractivity contribution in [1.29, 1.82) is 0 Å². The van der Waals surface area contributed by atoms with Crippen LogP contribution in [0.2, 0.25) is 0 Å². The summed E-state index contributed by atoms with van der Waals surface area (Å²) >= 11 is 3.86. The maximum absolute atomic E-state index is 13.4. The minimum atomic E-state index is -1.65. The van der Waals surface area contributed by atoms with E-state index in [-0.39, 0.29) is 38.1 Å². The average molecular weight is 759 g/mol. The molecule has 23 heteroatoms. The van der Waals surface area contributed by atoms with Crippen molar-refractivity contribution in [3.05, 3.63) is 0 Å². The number of nitrogens with one attached hydrogen (secondary N) is 5. The Hall–Kier alpha value is -5.03. The monoisotopic (exact) mass is 758 g/mol. The van der Waals surface area contributed by atoms with Gasteiger partial charge in [0.1, 0.15) is 36.3 Å². The second kappa shape index (κ2) is 20.7. The molecule has 2 heterocycles. The van der Waals surface area contributed by atoms with Gasteiger partial charge in [0.05, 0.1) is 26.1 Å². The highest BCUT2D eigenvalue weighted by molar-refractivity contribution is 7.80. The van der Waals surface area contributed by atoms with Crippen molar-refractivity contribution in [2.24, 2.45) is 17.2 Å². The van der Waals surface area contributed by atoms with Crippen LogP contribution in [0.1, 0.15) is 44.9 Å². The van der Waals surface area contributed by atoms with E-state index in [4.69, 9.17) is 22.3 Å². The van der Waals surface area contributed by atoms with E-state index in [0.717, 1.165) is 0 Å². The number of carbonyl (C=O) groups excluding carboxylic acids is 9. The Morgan fingerprint density at radius 3 is 1.73 bits per heavy atom. The van der Waals surface area contributed by atoms with E-state index in [2.05, 4.69) is 39.2 Å². The Kier molecular flexibility index (Phi) is 17.2. The van der Waals surface area contributed by atoms with Crippen LogP contribution in [-0.2, 0) is 47.9 Å². The molecule has 0 saturated carbocycles. The molecule has 22 nitrogen and oxygen atoms in total. The molecule has 2 aliphatic heterocycles. The highest BCUT2D eigenvalue weighted by Gasteiger charge is 2.38. The van der Waals surface area contributed by atoms with Crippen molar-refractivity contribution in [2.45, 2.75) is 81.2 Å². The number of carbonyl (C=O) groups is 10. The lowest BCUT2D eigenvalue weighted by Gasteiger charge is -2.28. The first-order valence-corrected chi connectivity index (χ1v) is 17.0. The van der Waals surface area contributed by atoms with Gasteiger partial charge in [-0.05, 0) is 32.1 Å². The SMILES string of the molecule is NC(=O)CC[C@H](NC(=O)[C@H](CC(N)=O)NC(=O)[C@@H]1CCCN1C(=O)CNC(=O)[C@@H]1CCCN1C(=O)CNC(=O)[C@@H](N)CO)C(=O)N[C@@H](CS)C(=O)O. The number of carboxylic acids is 1. The summed E-state index contributed by atoms with van der Waals surface area (Å²) in [4.78, 5) is 127. The summed E-state index contributed by atoms with van der Waals surface area (Å²) in [6, 6.07) is -7.90. The van der Waals surface area contributed by atoms with Crippen LogP contribution in [0.3, 0.4) is 0 Å². The number of aliphatic carboxylic acids is 1. The van der Waals surface area contributed by atoms with E-state index in [0.29, 0.717) is 12.8 Å². The van der Waals surface area contributed by atoms with Gasteiger partial charge >= 0.3 is 5.97 Å². The highest BCUT2D eigenvalue weighted by Crippen LogP contribution is 2.19. The van der Waals surface area contributed by atoms with Crippen LogP contribution in [0.15, 0.2) is 0 Å². The highest BCUT2D eigenvalue weighted by atomic mass is 32.1. The molecule has 6 atom stereocenters. The molecular formula is C29H46N10O12S. The Morgan fingerprint density at radius 2 is 1.23 bits per heavy atom. The number of thiol groups is 1. The number of hydrogen-bond acceptors (Lipinski definition) is 13. The zero-order chi connectivity index (χ0) is 39.1. The minimum absolute atomic E-state index is 0.106. The zero-order valence-electron chi connectivity index (χ0n) is 28.2. The summed E-state index contributed by atoms with van der Waals surface area (Å²) in [6.45, 7) is -1.31. The van der Waals surface area contributed by atoms with Gasteiger partial charge in [-0.3, -0.25) is 43.2 Å². The first kappa shape index (κ1) is 43.1. The number of aliphatic hydroxyl groups excluding tert-OH is 1. The van der Waals surface area contributed by atoms with Gasteiger partial charge in [0.25, 0.3) is 0 Å². The van der Waals surface area contributed by atoms with Crippen LogP contribution < -0.4 is 43.8 Å². The van der Waals surface area contributed by atoms with Crippen molar-refractivity contribution in [3.63, 3.8) is 0 Å². The minimum Gasteiger partial charge on any atom is -0.480 e. The summed E-state index contributed by atoms with van der Waals surface area (Å²) in [6.07, 6.45) is -0.208. The van der Waals surface area contributed by atoms with Crippen molar-refractivity contribution >= 4 is 71.8 Å². The van der Waals surface area contributed by atoms with Crippen LogP contribution in [0.5, 0.6) is 0 Å². The maximum Gasteiger partial charge on any atom is 0.327 e. The van der Waals surface area contributed by atoms with Gasteiger partial charge in [0, 0.05) is 25.3 Å². The fourth-order valence-corrected chi connectivity index (χ4v) is 5.75. The lowest BCUT2D eigenvalue weighted by molar-refractivity contribution is -0.142. The molecule has 0 aromatic heterocycles. The molecule has 2 aliphatic rings. The molecule has 290 valence electrons. The normalized spacial score (nSPS) is 19.0. The van der Waals surface area contributed by atoms with Crippen LogP contribution in [-0.4, -0.2) is 154 Å². The predicted octanol–water partition coefficient (Wildman–Crippen LogP) is -6.87. The molecule has 0 spiro atoms. The lowest BCUT2D eigenvalue weighted by atomic mass is 10.1. The Balaban J connectivity index is 2.06. The third-order valence-electron chi connectivity index (χ3n) is 8.26. The van der Waals surface area contributed by atoms with Crippen molar-refractivity contribution < 1.29 is 58.2 Å². The third kappa shape index (κ3) is 12.9. The largest absolute Gasteiger partial charge is 0.480 e. The average Bonchev–Trinajstić information content (AvgIpc) is 3.79. The summed E-state index contributed by atoms with van der Waals surface area (Å²) in [5, 5.41) is 29.8. The van der Waals surface area contributed by atoms with E-state index in [1.807, 2.05) is 0 Å². The molecule has 0 aromatic rings. The van der Waals surface area contributed by atoms with Gasteiger partial charge in [-0.1, -0.05) is 0 Å². The zero-order valence-corrected chi connectivity index (χ0v) is 29.1. The molecular weight excluding hydrogens is 712 g/mol. The summed E-state index contributed by atoms with van der Waals surface area (Å²) in [7, 11) is 0. The predicted molar refractivity (Wildman–Crippen MR) is 180 cm³/mol. The molecule has 2 rings (SSSR count). The Bertz CT molecular complexity index is 1400. The topological polar surface area (TPSA) is 356 Å². The number of likely N-dealkylation sites (tertiary alicyclic amines) is 2. The second-order valence-corrected chi connectivity index (χ2v) is 12.5. The number of nitrogens with two attached hydrogens (primary N) is 3. The fraction of sp³-hybridized carbons (Fsp3) is 0.655. The van der Waals surface area contributed by atoms with E-state index in [9.17, 15) is 53.1 Å². The van der Waals surface area contributed by atoms with E-state index >= 15 is 0 Å². The van der Waals surface area contributed by atoms with Crippen molar-refractivity contribution in [2.75, 3.05) is 38.5 Å². The Labute approximate surface area is 303 Å². The van der Waals surface area contributed by atoms with Crippen LogP contribution in [0, 0.1) is 0 Å². The molecule has 2 fully saturated rings. The standard InChI is InChI=1S/C29H46N10O12S/c30-14(12-40)24(45)33-10-22(43)38-7-1-3-18(38)27(48)34-11-23(44)39-8-2-4-19(39)28(49)36-16(9-21(32)42)26(47)35-15(5-6-20(31)41)25(46)37-17(13-52)29(50)51/h14-19,40,52H,1-13,30H2,(H2,31,41)(H2,32,42)(H,33,45)(H,34,48)(H,35,47)(H,36,49)(H,37,46)(H,50,51)/t14-,15-,16-,17-,18-,19-/m0/s1. The third-order valence-corrected chi connectivity index (χ3v) is 8.63. The van der Waals surface area contributed by atoms with E-state index < -0.39 is 128 Å². The number of nitrogens with zero attached hydrogens (tertiary/aromatic N) is 2. The molecule has 0 radical (unpaired) electrons. The number of aliphatic hydroxyl groups is 1. The fourth-order valence-electron chi connectivity index (χ4n) is 5.50. The van der Waals surface area contributed by atoms with Gasteiger partial charge in [-0.25, -0.2) is 4.79 Å². The summed E-state index contributed by atoms with van der Waals surface area (Å²) in [5.74, 6) is -9.14. The lowest BCUT2D eigenvalue weighted by Crippen LogP contribution is -2.58. The second-order valence-electron chi connectivity index (χ2n) is 12.1. The van der Waals surface area contributed by atoms with Crippen LogP contribution in [0.4, 0.5) is 0 Å². The van der Waals surface area contributed by atoms with Gasteiger partial charge < -0.3 is 63.8 Å². The number of rotatable bonds is 20.